The molecule has 0 aliphatic heterocycles. The zero-order valence-electron chi connectivity index (χ0n) is 18.4. The summed E-state index contributed by atoms with van der Waals surface area (Å²) in [6.07, 6.45) is -2.07. The molecule has 0 saturated carbocycles. The van der Waals surface area contributed by atoms with Gasteiger partial charge in [0, 0.05) is 11.8 Å². The number of hydrogen-bond donors (Lipinski definition) is 1. The number of imidazole rings is 1. The van der Waals surface area contributed by atoms with Crippen LogP contribution >= 0.6 is 0 Å². The molecule has 0 fully saturated rings. The molecule has 0 aliphatic carbocycles. The molecule has 0 saturated heterocycles. The monoisotopic (exact) mass is 421 g/mol. The van der Waals surface area contributed by atoms with Gasteiger partial charge in [-0.1, -0.05) is 40.7 Å². The van der Waals surface area contributed by atoms with Gasteiger partial charge >= 0.3 is 6.18 Å². The smallest absolute Gasteiger partial charge is 0.419 e. The van der Waals surface area contributed by atoms with Gasteiger partial charge in [-0.15, -0.1) is 0 Å². The van der Waals surface area contributed by atoms with Gasteiger partial charge in [-0.2, -0.15) is 13.2 Å². The average Bonchev–Trinajstić information content (AvgIpc) is 3.07. The van der Waals surface area contributed by atoms with E-state index >= 15 is 0 Å². The van der Waals surface area contributed by atoms with Crippen molar-refractivity contribution < 1.29 is 17.9 Å². The summed E-state index contributed by atoms with van der Waals surface area (Å²) >= 11 is 0. The van der Waals surface area contributed by atoms with Crippen molar-refractivity contribution in [3.05, 3.63) is 41.9 Å². The molecule has 0 aliphatic rings. The molecule has 2 aromatic heterocycles. The molecular formula is C23H30F3N3O. The molecule has 0 bridgehead atoms. The lowest BCUT2D eigenvalue weighted by Gasteiger charge is -2.19. The van der Waals surface area contributed by atoms with E-state index in [9.17, 15) is 13.2 Å². The number of aromatic amines is 1. The molecule has 7 heteroatoms. The predicted octanol–water partition coefficient (Wildman–Crippen LogP) is 7.04. The Morgan fingerprint density at radius 1 is 1.10 bits per heavy atom. The summed E-state index contributed by atoms with van der Waals surface area (Å²) in [5.74, 6) is 1.16. The van der Waals surface area contributed by atoms with Gasteiger partial charge in [-0.25, -0.2) is 9.97 Å². The van der Waals surface area contributed by atoms with Crippen molar-refractivity contribution in [2.45, 2.75) is 54.1 Å². The highest BCUT2D eigenvalue weighted by molar-refractivity contribution is 5.90. The van der Waals surface area contributed by atoms with Crippen molar-refractivity contribution in [1.82, 2.24) is 15.0 Å². The second-order valence-electron chi connectivity index (χ2n) is 7.63. The molecule has 3 aromatic rings. The Morgan fingerprint density at radius 2 is 1.80 bits per heavy atom. The summed E-state index contributed by atoms with van der Waals surface area (Å²) in [6, 6.07) is 5.85. The summed E-state index contributed by atoms with van der Waals surface area (Å²) in [7, 11) is 0. The first-order valence-electron chi connectivity index (χ1n) is 10.3. The Kier molecular flexibility index (Phi) is 7.87. The van der Waals surface area contributed by atoms with Gasteiger partial charge in [0.05, 0.1) is 17.7 Å². The van der Waals surface area contributed by atoms with E-state index in [-0.39, 0.29) is 18.3 Å². The topological polar surface area (TPSA) is 50.8 Å². The van der Waals surface area contributed by atoms with Crippen molar-refractivity contribution in [1.29, 1.82) is 0 Å². The third-order valence-corrected chi connectivity index (χ3v) is 4.50. The zero-order chi connectivity index (χ0) is 22.5. The van der Waals surface area contributed by atoms with Crippen molar-refractivity contribution in [2.24, 2.45) is 11.8 Å². The van der Waals surface area contributed by atoms with E-state index in [1.165, 1.54) is 6.07 Å². The van der Waals surface area contributed by atoms with Crippen LogP contribution in [-0.4, -0.2) is 21.6 Å². The van der Waals surface area contributed by atoms with Crippen LogP contribution in [0.2, 0.25) is 0 Å². The third-order valence-electron chi connectivity index (χ3n) is 4.50. The summed E-state index contributed by atoms with van der Waals surface area (Å²) < 4.78 is 46.6. The zero-order valence-corrected chi connectivity index (χ0v) is 18.4. The average molecular weight is 422 g/mol. The number of pyridine rings is 1. The molecule has 164 valence electrons. The quantitative estimate of drug-likeness (QED) is 0.464. The minimum Gasteiger partial charge on any atom is -0.493 e. The molecule has 0 radical (unpaired) electrons. The second kappa shape index (κ2) is 9.96. The Balaban J connectivity index is 0.00000155. The van der Waals surface area contributed by atoms with Crippen LogP contribution in [-0.2, 0) is 6.18 Å². The van der Waals surface area contributed by atoms with Crippen molar-refractivity contribution in [3.63, 3.8) is 0 Å². The molecule has 3 rings (SSSR count). The predicted molar refractivity (Wildman–Crippen MR) is 115 cm³/mol. The van der Waals surface area contributed by atoms with Crippen molar-refractivity contribution >= 4 is 11.2 Å². The Labute approximate surface area is 175 Å². The number of ether oxygens (including phenoxy) is 1. The van der Waals surface area contributed by atoms with Gasteiger partial charge in [0.1, 0.15) is 11.6 Å². The summed E-state index contributed by atoms with van der Waals surface area (Å²) in [5, 5.41) is 0. The van der Waals surface area contributed by atoms with Crippen LogP contribution in [0.15, 0.2) is 30.5 Å². The van der Waals surface area contributed by atoms with Gasteiger partial charge < -0.3 is 9.72 Å². The molecule has 1 N–H and O–H groups in total. The number of alkyl halides is 3. The summed E-state index contributed by atoms with van der Waals surface area (Å²) in [4.78, 5) is 11.5. The minimum absolute atomic E-state index is 0.141. The lowest BCUT2D eigenvalue weighted by molar-refractivity contribution is -0.139. The van der Waals surface area contributed by atoms with Gasteiger partial charge in [-0.05, 0) is 48.9 Å². The van der Waals surface area contributed by atoms with E-state index < -0.39 is 11.7 Å². The summed E-state index contributed by atoms with van der Waals surface area (Å²) in [6.45, 7) is 12.2. The minimum atomic E-state index is -4.51. The molecule has 0 spiro atoms. The maximum absolute atomic E-state index is 13.7. The highest BCUT2D eigenvalue weighted by Gasteiger charge is 2.35. The number of aromatic nitrogens is 3. The lowest BCUT2D eigenvalue weighted by Crippen LogP contribution is -2.14. The standard InChI is InChI=1S/C21H24F3N3O.C2H6/c1-12(2)9-13(3)11-28-18-6-5-15(10-17(18)21(22,23)24)16-7-8-25-20-19(16)26-14(4)27-20;1-2/h5-8,10,12-13H,9,11H2,1-4H3,(H,25,26,27);1-2H3. The molecule has 2 heterocycles. The lowest BCUT2D eigenvalue weighted by atomic mass is 9.99. The second-order valence-corrected chi connectivity index (χ2v) is 7.63. The molecule has 0 amide bonds. The van der Waals surface area contributed by atoms with E-state index in [1.807, 2.05) is 20.8 Å². The van der Waals surface area contributed by atoms with E-state index in [1.54, 1.807) is 25.3 Å². The van der Waals surface area contributed by atoms with Crippen molar-refractivity contribution in [3.8, 4) is 16.9 Å². The van der Waals surface area contributed by atoms with Crippen LogP contribution in [0.1, 0.15) is 52.4 Å². The van der Waals surface area contributed by atoms with Crippen molar-refractivity contribution in [2.75, 3.05) is 6.61 Å². The molecule has 1 atom stereocenters. The number of halogens is 3. The van der Waals surface area contributed by atoms with Crippen LogP contribution in [0.4, 0.5) is 13.2 Å². The first kappa shape index (κ1) is 23.7. The maximum atomic E-state index is 13.7. The van der Waals surface area contributed by atoms with E-state index in [0.29, 0.717) is 34.0 Å². The number of hydrogen-bond acceptors (Lipinski definition) is 3. The first-order valence-corrected chi connectivity index (χ1v) is 10.3. The number of nitrogens with one attached hydrogen (secondary N) is 1. The molecule has 30 heavy (non-hydrogen) atoms. The van der Waals surface area contributed by atoms with Gasteiger partial charge in [-0.3, -0.25) is 0 Å². The molecule has 1 unspecified atom stereocenters. The van der Waals surface area contributed by atoms with Crippen LogP contribution < -0.4 is 4.74 Å². The fraction of sp³-hybridized carbons (Fsp3) is 0.478. The fourth-order valence-corrected chi connectivity index (χ4v) is 3.42. The largest absolute Gasteiger partial charge is 0.493 e. The Hall–Kier alpha value is -2.57. The molecular weight excluding hydrogens is 391 g/mol. The first-order chi connectivity index (χ1) is 14.1. The fourth-order valence-electron chi connectivity index (χ4n) is 3.42. The number of nitrogens with zero attached hydrogens (tertiary/aromatic N) is 2. The normalized spacial score (nSPS) is 12.6. The van der Waals surface area contributed by atoms with Gasteiger partial charge in [0.15, 0.2) is 5.65 Å². The van der Waals surface area contributed by atoms with Gasteiger partial charge in [0.2, 0.25) is 0 Å². The maximum Gasteiger partial charge on any atom is 0.419 e. The number of rotatable bonds is 6. The van der Waals surface area contributed by atoms with Crippen LogP contribution in [0.25, 0.3) is 22.3 Å². The van der Waals surface area contributed by atoms with Crippen LogP contribution in [0, 0.1) is 18.8 Å². The highest BCUT2D eigenvalue weighted by atomic mass is 19.4. The van der Waals surface area contributed by atoms with Crippen LogP contribution in [0.5, 0.6) is 5.75 Å². The van der Waals surface area contributed by atoms with Gasteiger partial charge in [0.25, 0.3) is 0 Å². The molecule has 4 nitrogen and oxygen atoms in total. The Morgan fingerprint density at radius 3 is 2.43 bits per heavy atom. The SMILES string of the molecule is CC.Cc1nc2nccc(-c3ccc(OCC(C)CC(C)C)c(C(F)(F)F)c3)c2[nH]1. The van der Waals surface area contributed by atoms with E-state index in [2.05, 4.69) is 28.8 Å². The highest BCUT2D eigenvalue weighted by Crippen LogP contribution is 2.40. The number of fused-ring (bicyclic) bond motifs is 1. The molecule has 1 aromatic carbocycles. The van der Waals surface area contributed by atoms with E-state index in [4.69, 9.17) is 4.74 Å². The van der Waals surface area contributed by atoms with Crippen LogP contribution in [0.3, 0.4) is 0 Å². The summed E-state index contributed by atoms with van der Waals surface area (Å²) in [5.41, 5.74) is 1.38. The number of aryl methyl sites for hydroxylation is 1. The van der Waals surface area contributed by atoms with E-state index in [0.717, 1.165) is 12.5 Å². The number of H-pyrrole nitrogens is 1. The Bertz CT molecular complexity index is 964. The third kappa shape index (κ3) is 5.74. The number of benzene rings is 1.